The van der Waals surface area contributed by atoms with Crippen molar-refractivity contribution in [2.75, 3.05) is 6.54 Å². The fraction of sp³-hybridized carbons (Fsp3) is 0.190. The predicted molar refractivity (Wildman–Crippen MR) is 102 cm³/mol. The van der Waals surface area contributed by atoms with Crippen molar-refractivity contribution in [2.24, 2.45) is 0 Å². The zero-order valence-electron chi connectivity index (χ0n) is 14.2. The van der Waals surface area contributed by atoms with Crippen LogP contribution in [0.1, 0.15) is 34.9 Å². The number of hydrogen-bond donors (Lipinski definition) is 0. The van der Waals surface area contributed by atoms with Crippen molar-refractivity contribution in [3.8, 4) is 11.3 Å². The second-order valence-electron chi connectivity index (χ2n) is 6.33. The fourth-order valence-electron chi connectivity index (χ4n) is 3.47. The van der Waals surface area contributed by atoms with Crippen LogP contribution in [-0.2, 0) is 0 Å². The van der Waals surface area contributed by atoms with Gasteiger partial charge in [-0.05, 0) is 30.5 Å². The van der Waals surface area contributed by atoms with Gasteiger partial charge in [0.2, 0.25) is 0 Å². The highest BCUT2D eigenvalue weighted by molar-refractivity contribution is 6.31. The SMILES string of the molecule is O=C(c1cc(-c2ccccc2)ncn1)N1CCC[C@@H]1c1ccccc1Cl. The molecule has 0 N–H and O–H groups in total. The van der Waals surface area contributed by atoms with Crippen LogP contribution in [-0.4, -0.2) is 27.3 Å². The summed E-state index contributed by atoms with van der Waals surface area (Å²) in [6, 6.07) is 19.3. The molecule has 0 radical (unpaired) electrons. The summed E-state index contributed by atoms with van der Waals surface area (Å²) in [6.07, 6.45) is 3.32. The smallest absolute Gasteiger partial charge is 0.273 e. The van der Waals surface area contributed by atoms with E-state index in [0.717, 1.165) is 29.7 Å². The summed E-state index contributed by atoms with van der Waals surface area (Å²) in [4.78, 5) is 23.5. The maximum absolute atomic E-state index is 13.1. The number of hydrogen-bond acceptors (Lipinski definition) is 3. The maximum atomic E-state index is 13.1. The monoisotopic (exact) mass is 363 g/mol. The highest BCUT2D eigenvalue weighted by atomic mass is 35.5. The number of nitrogens with zero attached hydrogens (tertiary/aromatic N) is 3. The fourth-order valence-corrected chi connectivity index (χ4v) is 3.73. The first-order valence-electron chi connectivity index (χ1n) is 8.67. The molecule has 1 fully saturated rings. The second kappa shape index (κ2) is 7.26. The largest absolute Gasteiger partial charge is 0.330 e. The molecule has 0 spiro atoms. The third-order valence-electron chi connectivity index (χ3n) is 4.73. The Morgan fingerprint density at radius 3 is 2.62 bits per heavy atom. The average molecular weight is 364 g/mol. The Balaban J connectivity index is 1.64. The number of likely N-dealkylation sites (tertiary alicyclic amines) is 1. The maximum Gasteiger partial charge on any atom is 0.273 e. The molecule has 26 heavy (non-hydrogen) atoms. The minimum atomic E-state index is -0.0769. The van der Waals surface area contributed by atoms with Gasteiger partial charge in [-0.1, -0.05) is 60.1 Å². The first kappa shape index (κ1) is 16.7. The molecular weight excluding hydrogens is 346 g/mol. The van der Waals surface area contributed by atoms with Crippen molar-refractivity contribution in [1.29, 1.82) is 0 Å². The summed E-state index contributed by atoms with van der Waals surface area (Å²) >= 11 is 6.36. The zero-order valence-corrected chi connectivity index (χ0v) is 14.9. The molecule has 2 heterocycles. The van der Waals surface area contributed by atoms with Gasteiger partial charge >= 0.3 is 0 Å². The number of halogens is 1. The van der Waals surface area contributed by atoms with E-state index in [1.807, 2.05) is 59.5 Å². The summed E-state index contributed by atoms with van der Waals surface area (Å²) in [5.41, 5.74) is 3.13. The first-order chi connectivity index (χ1) is 12.7. The average Bonchev–Trinajstić information content (AvgIpc) is 3.18. The van der Waals surface area contributed by atoms with Crippen LogP contribution in [0.2, 0.25) is 5.02 Å². The Bertz CT molecular complexity index is 929. The van der Waals surface area contributed by atoms with Gasteiger partial charge in [0.15, 0.2) is 0 Å². The van der Waals surface area contributed by atoms with Crippen LogP contribution >= 0.6 is 11.6 Å². The normalized spacial score (nSPS) is 16.7. The molecule has 4 rings (SSSR count). The van der Waals surface area contributed by atoms with E-state index in [4.69, 9.17) is 11.6 Å². The molecule has 1 aliphatic heterocycles. The van der Waals surface area contributed by atoms with Crippen LogP contribution in [0.5, 0.6) is 0 Å². The number of rotatable bonds is 3. The third-order valence-corrected chi connectivity index (χ3v) is 5.08. The number of amides is 1. The highest BCUT2D eigenvalue weighted by Crippen LogP contribution is 2.36. The Labute approximate surface area is 157 Å². The van der Waals surface area contributed by atoms with Gasteiger partial charge in [0, 0.05) is 17.1 Å². The van der Waals surface area contributed by atoms with Gasteiger partial charge in [0.25, 0.3) is 5.91 Å². The van der Waals surface area contributed by atoms with Gasteiger partial charge in [0.05, 0.1) is 11.7 Å². The lowest BCUT2D eigenvalue weighted by molar-refractivity contribution is 0.0729. The summed E-state index contributed by atoms with van der Waals surface area (Å²) in [5, 5.41) is 0.699. The highest BCUT2D eigenvalue weighted by Gasteiger charge is 2.32. The van der Waals surface area contributed by atoms with E-state index in [-0.39, 0.29) is 11.9 Å². The molecular formula is C21H18ClN3O. The van der Waals surface area contributed by atoms with E-state index < -0.39 is 0 Å². The molecule has 0 saturated carbocycles. The lowest BCUT2D eigenvalue weighted by Gasteiger charge is -2.25. The molecule has 5 heteroatoms. The van der Waals surface area contributed by atoms with Crippen LogP contribution in [0.15, 0.2) is 67.0 Å². The van der Waals surface area contributed by atoms with E-state index in [9.17, 15) is 4.79 Å². The lowest BCUT2D eigenvalue weighted by atomic mass is 10.0. The lowest BCUT2D eigenvalue weighted by Crippen LogP contribution is -2.31. The zero-order chi connectivity index (χ0) is 17.9. The molecule has 1 amide bonds. The molecule has 1 saturated heterocycles. The van der Waals surface area contributed by atoms with E-state index in [1.54, 1.807) is 6.07 Å². The number of benzene rings is 2. The van der Waals surface area contributed by atoms with Gasteiger partial charge in [-0.15, -0.1) is 0 Å². The van der Waals surface area contributed by atoms with Gasteiger partial charge in [-0.2, -0.15) is 0 Å². The van der Waals surface area contributed by atoms with Crippen LogP contribution < -0.4 is 0 Å². The Morgan fingerprint density at radius 2 is 1.81 bits per heavy atom. The Morgan fingerprint density at radius 1 is 1.04 bits per heavy atom. The van der Waals surface area contributed by atoms with E-state index in [2.05, 4.69) is 9.97 Å². The molecule has 1 atom stereocenters. The van der Waals surface area contributed by atoms with E-state index >= 15 is 0 Å². The van der Waals surface area contributed by atoms with Gasteiger partial charge in [-0.25, -0.2) is 9.97 Å². The summed E-state index contributed by atoms with van der Waals surface area (Å²) in [7, 11) is 0. The van der Waals surface area contributed by atoms with E-state index in [1.165, 1.54) is 6.33 Å². The third kappa shape index (κ3) is 3.20. The molecule has 0 aliphatic carbocycles. The molecule has 0 unspecified atom stereocenters. The van der Waals surface area contributed by atoms with Crippen molar-refractivity contribution in [2.45, 2.75) is 18.9 Å². The number of carbonyl (C=O) groups is 1. The first-order valence-corrected chi connectivity index (χ1v) is 9.05. The van der Waals surface area contributed by atoms with Crippen LogP contribution in [0.3, 0.4) is 0 Å². The van der Waals surface area contributed by atoms with Gasteiger partial charge in [0.1, 0.15) is 12.0 Å². The minimum Gasteiger partial charge on any atom is -0.330 e. The van der Waals surface area contributed by atoms with Crippen LogP contribution in [0.25, 0.3) is 11.3 Å². The Hall–Kier alpha value is -2.72. The summed E-state index contributed by atoms with van der Waals surface area (Å²) < 4.78 is 0. The molecule has 4 nitrogen and oxygen atoms in total. The minimum absolute atomic E-state index is 0.00802. The summed E-state index contributed by atoms with van der Waals surface area (Å²) in [6.45, 7) is 0.708. The van der Waals surface area contributed by atoms with Crippen LogP contribution in [0, 0.1) is 0 Å². The van der Waals surface area contributed by atoms with E-state index in [0.29, 0.717) is 17.3 Å². The Kier molecular flexibility index (Phi) is 4.67. The van der Waals surface area contributed by atoms with Crippen molar-refractivity contribution >= 4 is 17.5 Å². The standard InChI is InChI=1S/C21H18ClN3O/c22-17-10-5-4-9-16(17)20-11-6-12-25(20)21(26)19-13-18(23-14-24-19)15-7-2-1-3-8-15/h1-5,7-10,13-14,20H,6,11-12H2/t20-/m1/s1. The van der Waals surface area contributed by atoms with Crippen molar-refractivity contribution in [1.82, 2.24) is 14.9 Å². The van der Waals surface area contributed by atoms with Crippen molar-refractivity contribution in [3.63, 3.8) is 0 Å². The quantitative estimate of drug-likeness (QED) is 0.673. The molecule has 1 aliphatic rings. The number of carbonyl (C=O) groups excluding carboxylic acids is 1. The molecule has 130 valence electrons. The topological polar surface area (TPSA) is 46.1 Å². The van der Waals surface area contributed by atoms with Gasteiger partial charge < -0.3 is 4.90 Å². The molecule has 2 aromatic carbocycles. The van der Waals surface area contributed by atoms with Crippen molar-refractivity contribution in [3.05, 3.63) is 83.3 Å². The van der Waals surface area contributed by atoms with Crippen molar-refractivity contribution < 1.29 is 4.79 Å². The second-order valence-corrected chi connectivity index (χ2v) is 6.74. The molecule has 3 aromatic rings. The van der Waals surface area contributed by atoms with Crippen LogP contribution in [0.4, 0.5) is 0 Å². The molecule has 0 bridgehead atoms. The number of aromatic nitrogens is 2. The molecule has 1 aromatic heterocycles. The predicted octanol–water partition coefficient (Wildman–Crippen LogP) is 4.77. The van der Waals surface area contributed by atoms with Gasteiger partial charge in [-0.3, -0.25) is 4.79 Å². The summed E-state index contributed by atoms with van der Waals surface area (Å²) in [5.74, 6) is -0.0769.